The van der Waals surface area contributed by atoms with Crippen molar-refractivity contribution in [1.82, 2.24) is 5.32 Å². The van der Waals surface area contributed by atoms with Gasteiger partial charge in [0.15, 0.2) is 0 Å². The van der Waals surface area contributed by atoms with Crippen LogP contribution in [0.5, 0.6) is 0 Å². The number of hydrogen-bond acceptors (Lipinski definition) is 3. The normalized spacial score (nSPS) is 12.9. The van der Waals surface area contributed by atoms with Crippen LogP contribution in [0, 0.1) is 0 Å². The second-order valence-corrected chi connectivity index (χ2v) is 4.22. The van der Waals surface area contributed by atoms with E-state index < -0.39 is 6.04 Å². The number of rotatable bonds is 3. The molecule has 0 aliphatic heterocycles. The van der Waals surface area contributed by atoms with Gasteiger partial charge in [0.1, 0.15) is 6.04 Å². The topological polar surface area (TPSA) is 55.1 Å². The standard InChI is InChI=1S/C11H12N2OS/c1-13-10(11(12)14)8-6-15-9-5-3-2-4-7(8)9/h2-6,10,13H,1H3,(H2,12,14). The van der Waals surface area contributed by atoms with Gasteiger partial charge in [-0.15, -0.1) is 11.3 Å². The van der Waals surface area contributed by atoms with E-state index in [0.717, 1.165) is 10.9 Å². The SMILES string of the molecule is CNC(C(N)=O)c1csc2ccccc12. The largest absolute Gasteiger partial charge is 0.368 e. The molecule has 2 aromatic rings. The monoisotopic (exact) mass is 220 g/mol. The van der Waals surface area contributed by atoms with Crippen LogP contribution in [-0.4, -0.2) is 13.0 Å². The van der Waals surface area contributed by atoms with Crippen molar-refractivity contribution in [3.8, 4) is 0 Å². The minimum absolute atomic E-state index is 0.346. The lowest BCUT2D eigenvalue weighted by Crippen LogP contribution is -2.30. The smallest absolute Gasteiger partial charge is 0.239 e. The van der Waals surface area contributed by atoms with Gasteiger partial charge >= 0.3 is 0 Å². The highest BCUT2D eigenvalue weighted by Crippen LogP contribution is 2.29. The molecule has 3 nitrogen and oxygen atoms in total. The summed E-state index contributed by atoms with van der Waals surface area (Å²) in [5, 5.41) is 6.01. The molecule has 0 fully saturated rings. The molecule has 0 bridgehead atoms. The van der Waals surface area contributed by atoms with Crippen molar-refractivity contribution in [2.24, 2.45) is 5.73 Å². The molecular weight excluding hydrogens is 208 g/mol. The molecule has 78 valence electrons. The molecule has 0 saturated carbocycles. The second-order valence-electron chi connectivity index (χ2n) is 3.31. The lowest BCUT2D eigenvalue weighted by Gasteiger charge is -2.10. The summed E-state index contributed by atoms with van der Waals surface area (Å²) in [6.45, 7) is 0. The molecular formula is C11H12N2OS. The highest BCUT2D eigenvalue weighted by Gasteiger charge is 2.18. The second kappa shape index (κ2) is 4.00. The number of benzene rings is 1. The molecule has 0 radical (unpaired) electrons. The van der Waals surface area contributed by atoms with Gasteiger partial charge in [0.2, 0.25) is 5.91 Å². The van der Waals surface area contributed by atoms with E-state index in [-0.39, 0.29) is 5.91 Å². The molecule has 1 amide bonds. The fourth-order valence-electron chi connectivity index (χ4n) is 1.67. The maximum Gasteiger partial charge on any atom is 0.239 e. The Kier molecular flexibility index (Phi) is 2.70. The van der Waals surface area contributed by atoms with Crippen molar-refractivity contribution in [2.75, 3.05) is 7.05 Å². The van der Waals surface area contributed by atoms with E-state index in [0.29, 0.717) is 0 Å². The Bertz CT molecular complexity index is 492. The zero-order valence-electron chi connectivity index (χ0n) is 8.36. The van der Waals surface area contributed by atoms with Gasteiger partial charge in [-0.1, -0.05) is 18.2 Å². The van der Waals surface area contributed by atoms with Gasteiger partial charge in [-0.3, -0.25) is 4.79 Å². The van der Waals surface area contributed by atoms with Crippen molar-refractivity contribution < 1.29 is 4.79 Å². The number of fused-ring (bicyclic) bond motifs is 1. The average Bonchev–Trinajstić information content (AvgIpc) is 2.63. The first kappa shape index (κ1) is 10.1. The molecule has 1 heterocycles. The quantitative estimate of drug-likeness (QED) is 0.826. The zero-order valence-corrected chi connectivity index (χ0v) is 9.17. The minimum Gasteiger partial charge on any atom is -0.368 e. The number of nitrogens with one attached hydrogen (secondary N) is 1. The third kappa shape index (κ3) is 1.73. The van der Waals surface area contributed by atoms with Gasteiger partial charge in [0.25, 0.3) is 0 Å². The van der Waals surface area contributed by atoms with Crippen molar-refractivity contribution in [1.29, 1.82) is 0 Å². The summed E-state index contributed by atoms with van der Waals surface area (Å²) in [6, 6.07) is 7.60. The molecule has 0 aliphatic rings. The zero-order chi connectivity index (χ0) is 10.8. The fraction of sp³-hybridized carbons (Fsp3) is 0.182. The number of thiophene rings is 1. The van der Waals surface area contributed by atoms with Crippen LogP contribution >= 0.6 is 11.3 Å². The number of nitrogens with two attached hydrogens (primary N) is 1. The number of carbonyl (C=O) groups is 1. The van der Waals surface area contributed by atoms with E-state index in [1.807, 2.05) is 29.6 Å². The van der Waals surface area contributed by atoms with Crippen molar-refractivity contribution in [3.63, 3.8) is 0 Å². The molecule has 15 heavy (non-hydrogen) atoms. The Morgan fingerprint density at radius 1 is 1.47 bits per heavy atom. The number of amides is 1. The molecule has 0 aliphatic carbocycles. The molecule has 4 heteroatoms. The highest BCUT2D eigenvalue weighted by atomic mass is 32.1. The summed E-state index contributed by atoms with van der Waals surface area (Å²) in [5.41, 5.74) is 6.30. The molecule has 0 spiro atoms. The fourth-order valence-corrected chi connectivity index (χ4v) is 2.66. The Morgan fingerprint density at radius 3 is 2.87 bits per heavy atom. The Morgan fingerprint density at radius 2 is 2.20 bits per heavy atom. The maximum atomic E-state index is 11.2. The summed E-state index contributed by atoms with van der Waals surface area (Å²) >= 11 is 1.63. The van der Waals surface area contributed by atoms with E-state index in [1.165, 1.54) is 4.70 Å². The van der Waals surface area contributed by atoms with E-state index in [9.17, 15) is 4.79 Å². The number of carbonyl (C=O) groups excluding carboxylic acids is 1. The predicted octanol–water partition coefficient (Wildman–Crippen LogP) is 1.65. The molecule has 3 N–H and O–H groups in total. The highest BCUT2D eigenvalue weighted by molar-refractivity contribution is 7.17. The summed E-state index contributed by atoms with van der Waals surface area (Å²) in [6.07, 6.45) is 0. The van der Waals surface area contributed by atoms with Gasteiger partial charge in [0, 0.05) is 4.70 Å². The summed E-state index contributed by atoms with van der Waals surface area (Å²) in [5.74, 6) is -0.346. The summed E-state index contributed by atoms with van der Waals surface area (Å²) < 4.78 is 1.18. The molecule has 0 saturated heterocycles. The lowest BCUT2D eigenvalue weighted by atomic mass is 10.1. The van der Waals surface area contributed by atoms with E-state index >= 15 is 0 Å². The van der Waals surface area contributed by atoms with Crippen molar-refractivity contribution in [2.45, 2.75) is 6.04 Å². The Labute approximate surface area is 91.9 Å². The van der Waals surface area contributed by atoms with Gasteiger partial charge in [-0.25, -0.2) is 0 Å². The van der Waals surface area contributed by atoms with Crippen LogP contribution in [-0.2, 0) is 4.79 Å². The van der Waals surface area contributed by atoms with Crippen LogP contribution in [0.25, 0.3) is 10.1 Å². The van der Waals surface area contributed by atoms with E-state index in [1.54, 1.807) is 18.4 Å². The first-order chi connectivity index (χ1) is 7.24. The lowest BCUT2D eigenvalue weighted by molar-refractivity contribution is -0.120. The third-order valence-electron chi connectivity index (χ3n) is 2.40. The maximum absolute atomic E-state index is 11.2. The van der Waals surface area contributed by atoms with Crippen LogP contribution in [0.2, 0.25) is 0 Å². The summed E-state index contributed by atoms with van der Waals surface area (Å²) in [7, 11) is 1.74. The van der Waals surface area contributed by atoms with Gasteiger partial charge < -0.3 is 11.1 Å². The number of primary amides is 1. The molecule has 2 rings (SSSR count). The number of likely N-dealkylation sites (N-methyl/N-ethyl adjacent to an activating group) is 1. The first-order valence-corrected chi connectivity index (χ1v) is 5.54. The van der Waals surface area contributed by atoms with E-state index in [2.05, 4.69) is 5.32 Å². The van der Waals surface area contributed by atoms with Crippen LogP contribution < -0.4 is 11.1 Å². The molecule has 1 aromatic heterocycles. The van der Waals surface area contributed by atoms with Crippen LogP contribution in [0.3, 0.4) is 0 Å². The predicted molar refractivity (Wildman–Crippen MR) is 62.8 cm³/mol. The van der Waals surface area contributed by atoms with Crippen molar-refractivity contribution >= 4 is 27.3 Å². The number of hydrogen-bond donors (Lipinski definition) is 2. The third-order valence-corrected chi connectivity index (χ3v) is 3.38. The average molecular weight is 220 g/mol. The van der Waals surface area contributed by atoms with Crippen LogP contribution in [0.15, 0.2) is 29.6 Å². The molecule has 1 aromatic carbocycles. The molecule has 1 unspecified atom stereocenters. The van der Waals surface area contributed by atoms with Gasteiger partial charge in [-0.2, -0.15) is 0 Å². The Balaban J connectivity index is 2.55. The van der Waals surface area contributed by atoms with Crippen molar-refractivity contribution in [3.05, 3.63) is 35.2 Å². The van der Waals surface area contributed by atoms with Crippen LogP contribution in [0.1, 0.15) is 11.6 Å². The van der Waals surface area contributed by atoms with Gasteiger partial charge in [-0.05, 0) is 29.4 Å². The van der Waals surface area contributed by atoms with E-state index in [4.69, 9.17) is 5.73 Å². The first-order valence-electron chi connectivity index (χ1n) is 4.66. The van der Waals surface area contributed by atoms with Gasteiger partial charge in [0.05, 0.1) is 0 Å². The minimum atomic E-state index is -0.402. The molecule has 1 atom stereocenters. The van der Waals surface area contributed by atoms with Crippen LogP contribution in [0.4, 0.5) is 0 Å². The summed E-state index contributed by atoms with van der Waals surface area (Å²) in [4.78, 5) is 11.2. The Hall–Kier alpha value is -1.39.